The van der Waals surface area contributed by atoms with E-state index in [1.54, 1.807) is 7.11 Å². The van der Waals surface area contributed by atoms with Crippen molar-refractivity contribution in [3.8, 4) is 5.75 Å². The summed E-state index contributed by atoms with van der Waals surface area (Å²) >= 11 is 0. The molecule has 0 aliphatic carbocycles. The lowest BCUT2D eigenvalue weighted by Gasteiger charge is -2.05. The molecular formula is C19H22N2O. The molecule has 22 heavy (non-hydrogen) atoms. The molecule has 3 heteroatoms. The van der Waals surface area contributed by atoms with Crippen LogP contribution >= 0.6 is 0 Å². The maximum Gasteiger partial charge on any atom is 0.118 e. The number of rotatable bonds is 6. The van der Waals surface area contributed by atoms with Gasteiger partial charge in [-0.05, 0) is 66.8 Å². The Kier molecular flexibility index (Phi) is 4.45. The largest absolute Gasteiger partial charge is 0.497 e. The monoisotopic (exact) mass is 294 g/mol. The number of aromatic amines is 1. The molecule has 0 bridgehead atoms. The predicted molar refractivity (Wildman–Crippen MR) is 91.5 cm³/mol. The average Bonchev–Trinajstić information content (AvgIpc) is 2.96. The zero-order valence-corrected chi connectivity index (χ0v) is 12.9. The Morgan fingerprint density at radius 3 is 2.41 bits per heavy atom. The minimum Gasteiger partial charge on any atom is -0.497 e. The van der Waals surface area contributed by atoms with E-state index in [1.165, 1.54) is 27.6 Å². The molecule has 3 nitrogen and oxygen atoms in total. The number of nitrogens with two attached hydrogens (primary N) is 1. The van der Waals surface area contributed by atoms with Crippen LogP contribution in [0.2, 0.25) is 0 Å². The maximum atomic E-state index is 5.68. The fourth-order valence-electron chi connectivity index (χ4n) is 2.82. The summed E-state index contributed by atoms with van der Waals surface area (Å²) in [6.45, 7) is 0.684. The van der Waals surface area contributed by atoms with Crippen molar-refractivity contribution in [2.45, 2.75) is 19.3 Å². The number of hydrogen-bond donors (Lipinski definition) is 2. The Bertz CT molecular complexity index is 744. The molecule has 0 amide bonds. The van der Waals surface area contributed by atoms with Crippen LogP contribution in [0.5, 0.6) is 5.75 Å². The van der Waals surface area contributed by atoms with E-state index in [2.05, 4.69) is 41.5 Å². The Balaban J connectivity index is 1.73. The minimum absolute atomic E-state index is 0.684. The van der Waals surface area contributed by atoms with Crippen molar-refractivity contribution >= 4 is 10.9 Å². The Morgan fingerprint density at radius 2 is 1.68 bits per heavy atom. The van der Waals surface area contributed by atoms with E-state index in [4.69, 9.17) is 10.5 Å². The smallest absolute Gasteiger partial charge is 0.118 e. The summed E-state index contributed by atoms with van der Waals surface area (Å²) < 4.78 is 5.19. The van der Waals surface area contributed by atoms with Gasteiger partial charge in [0.25, 0.3) is 0 Å². The van der Waals surface area contributed by atoms with Crippen molar-refractivity contribution < 1.29 is 4.74 Å². The fraction of sp³-hybridized carbons (Fsp3) is 0.263. The highest BCUT2D eigenvalue weighted by Crippen LogP contribution is 2.21. The second kappa shape index (κ2) is 6.67. The Morgan fingerprint density at radius 1 is 0.955 bits per heavy atom. The zero-order valence-electron chi connectivity index (χ0n) is 12.9. The molecule has 114 valence electrons. The van der Waals surface area contributed by atoms with E-state index in [1.807, 2.05) is 12.1 Å². The van der Waals surface area contributed by atoms with Gasteiger partial charge in [-0.1, -0.05) is 18.2 Å². The average molecular weight is 294 g/mol. The Labute approximate surface area is 131 Å². The lowest BCUT2D eigenvalue weighted by atomic mass is 10.0. The first-order valence-electron chi connectivity index (χ1n) is 7.72. The van der Waals surface area contributed by atoms with Crippen LogP contribution in [0.15, 0.2) is 48.7 Å². The number of methoxy groups -OCH3 is 1. The molecule has 3 rings (SSSR count). The molecule has 0 fully saturated rings. The second-order valence-corrected chi connectivity index (χ2v) is 5.58. The van der Waals surface area contributed by atoms with Crippen molar-refractivity contribution in [2.24, 2.45) is 5.73 Å². The maximum absolute atomic E-state index is 5.68. The topological polar surface area (TPSA) is 51.0 Å². The van der Waals surface area contributed by atoms with Crippen LogP contribution in [0.4, 0.5) is 0 Å². The highest BCUT2D eigenvalue weighted by molar-refractivity contribution is 5.83. The summed E-state index contributed by atoms with van der Waals surface area (Å²) in [7, 11) is 1.69. The molecule has 0 aliphatic heterocycles. The normalized spacial score (nSPS) is 11.0. The third-order valence-electron chi connectivity index (χ3n) is 4.11. The summed E-state index contributed by atoms with van der Waals surface area (Å²) in [5.41, 5.74) is 10.9. The third kappa shape index (κ3) is 3.15. The Hall–Kier alpha value is -2.26. The number of benzene rings is 2. The lowest BCUT2D eigenvalue weighted by molar-refractivity contribution is 0.414. The van der Waals surface area contributed by atoms with Crippen LogP contribution in [0.3, 0.4) is 0 Å². The van der Waals surface area contributed by atoms with E-state index in [-0.39, 0.29) is 0 Å². The molecule has 0 spiro atoms. The standard InChI is InChI=1S/C19H22N2O/c1-22-17-7-4-14(5-8-17)2-3-15-6-9-19-18(12-15)16(10-11-20)13-21-19/h4-9,12-13,21H,2-3,10-11,20H2,1H3. The molecule has 3 N–H and O–H groups in total. The molecule has 0 radical (unpaired) electrons. The molecule has 3 aromatic rings. The van der Waals surface area contributed by atoms with E-state index in [0.29, 0.717) is 6.54 Å². The van der Waals surface area contributed by atoms with Crippen molar-refractivity contribution in [3.05, 3.63) is 65.4 Å². The summed E-state index contributed by atoms with van der Waals surface area (Å²) in [6, 6.07) is 15.0. The molecule has 0 unspecified atom stereocenters. The molecule has 0 atom stereocenters. The molecule has 0 aliphatic rings. The summed E-state index contributed by atoms with van der Waals surface area (Å²) in [6.07, 6.45) is 5.06. The van der Waals surface area contributed by atoms with Crippen molar-refractivity contribution in [2.75, 3.05) is 13.7 Å². The first kappa shape index (κ1) is 14.7. The first-order chi connectivity index (χ1) is 10.8. The van der Waals surface area contributed by atoms with Crippen molar-refractivity contribution in [1.29, 1.82) is 0 Å². The third-order valence-corrected chi connectivity index (χ3v) is 4.11. The molecular weight excluding hydrogens is 272 g/mol. The van der Waals surface area contributed by atoms with E-state index >= 15 is 0 Å². The van der Waals surface area contributed by atoms with Gasteiger partial charge in [0.05, 0.1) is 7.11 Å². The SMILES string of the molecule is COc1ccc(CCc2ccc3[nH]cc(CCN)c3c2)cc1. The molecule has 0 saturated carbocycles. The van der Waals surface area contributed by atoms with Gasteiger partial charge in [-0.15, -0.1) is 0 Å². The number of aromatic nitrogens is 1. The highest BCUT2D eigenvalue weighted by atomic mass is 16.5. The van der Waals surface area contributed by atoms with Gasteiger partial charge in [-0.25, -0.2) is 0 Å². The van der Waals surface area contributed by atoms with Crippen LogP contribution in [-0.2, 0) is 19.3 Å². The first-order valence-corrected chi connectivity index (χ1v) is 7.72. The molecule has 1 heterocycles. The van der Waals surface area contributed by atoms with Gasteiger partial charge in [0.2, 0.25) is 0 Å². The molecule has 2 aromatic carbocycles. The highest BCUT2D eigenvalue weighted by Gasteiger charge is 2.04. The fourth-order valence-corrected chi connectivity index (χ4v) is 2.82. The summed E-state index contributed by atoms with van der Waals surface area (Å²) in [4.78, 5) is 3.32. The van der Waals surface area contributed by atoms with Gasteiger partial charge in [-0.3, -0.25) is 0 Å². The van der Waals surface area contributed by atoms with Crippen LogP contribution in [-0.4, -0.2) is 18.6 Å². The van der Waals surface area contributed by atoms with Crippen molar-refractivity contribution in [3.63, 3.8) is 0 Å². The van der Waals surface area contributed by atoms with Crippen LogP contribution in [0, 0.1) is 0 Å². The minimum atomic E-state index is 0.684. The van der Waals surface area contributed by atoms with Crippen molar-refractivity contribution in [1.82, 2.24) is 4.98 Å². The van der Waals surface area contributed by atoms with Crippen LogP contribution in [0.1, 0.15) is 16.7 Å². The van der Waals surface area contributed by atoms with Crippen LogP contribution < -0.4 is 10.5 Å². The number of fused-ring (bicyclic) bond motifs is 1. The lowest BCUT2D eigenvalue weighted by Crippen LogP contribution is -2.01. The van der Waals surface area contributed by atoms with E-state index < -0.39 is 0 Å². The van der Waals surface area contributed by atoms with Gasteiger partial charge in [0.1, 0.15) is 5.75 Å². The van der Waals surface area contributed by atoms with Gasteiger partial charge in [-0.2, -0.15) is 0 Å². The molecule has 0 saturated heterocycles. The number of aryl methyl sites for hydroxylation is 2. The van der Waals surface area contributed by atoms with E-state index in [9.17, 15) is 0 Å². The number of nitrogens with one attached hydrogen (secondary N) is 1. The summed E-state index contributed by atoms with van der Waals surface area (Å²) in [5.74, 6) is 0.906. The zero-order chi connectivity index (χ0) is 15.4. The molecule has 1 aromatic heterocycles. The predicted octanol–water partition coefficient (Wildman–Crippen LogP) is 3.46. The van der Waals surface area contributed by atoms with Crippen LogP contribution in [0.25, 0.3) is 10.9 Å². The number of hydrogen-bond acceptors (Lipinski definition) is 2. The quantitative estimate of drug-likeness (QED) is 0.731. The number of ether oxygens (including phenoxy) is 1. The van der Waals surface area contributed by atoms with Gasteiger partial charge < -0.3 is 15.5 Å². The van der Waals surface area contributed by atoms with E-state index in [0.717, 1.165) is 25.0 Å². The van der Waals surface area contributed by atoms with Gasteiger partial charge in [0.15, 0.2) is 0 Å². The van der Waals surface area contributed by atoms with Gasteiger partial charge >= 0.3 is 0 Å². The van der Waals surface area contributed by atoms with Gasteiger partial charge in [0, 0.05) is 17.1 Å². The number of H-pyrrole nitrogens is 1. The second-order valence-electron chi connectivity index (χ2n) is 5.58. The summed E-state index contributed by atoms with van der Waals surface area (Å²) in [5, 5.41) is 1.30.